The molecular formula is C14H19F2N3O2. The van der Waals surface area contributed by atoms with E-state index in [1.54, 1.807) is 13.8 Å². The number of hydrogen-bond acceptors (Lipinski definition) is 3. The van der Waals surface area contributed by atoms with Crippen molar-refractivity contribution in [1.29, 1.82) is 0 Å². The van der Waals surface area contributed by atoms with Crippen molar-refractivity contribution >= 4 is 11.7 Å². The van der Waals surface area contributed by atoms with Gasteiger partial charge in [0.1, 0.15) is 23.0 Å². The highest BCUT2D eigenvalue weighted by Crippen LogP contribution is 2.19. The van der Waals surface area contributed by atoms with Crippen LogP contribution < -0.4 is 5.73 Å². The van der Waals surface area contributed by atoms with E-state index in [0.717, 1.165) is 6.07 Å². The fourth-order valence-corrected chi connectivity index (χ4v) is 1.89. The lowest BCUT2D eigenvalue weighted by Gasteiger charge is -2.24. The molecule has 1 unspecified atom stereocenters. The zero-order valence-corrected chi connectivity index (χ0v) is 12.2. The summed E-state index contributed by atoms with van der Waals surface area (Å²) in [6, 6.07) is 2.34. The summed E-state index contributed by atoms with van der Waals surface area (Å²) < 4.78 is 27.8. The van der Waals surface area contributed by atoms with E-state index in [9.17, 15) is 13.6 Å². The smallest absolute Gasteiger partial charge is 0.259 e. The lowest BCUT2D eigenvalue weighted by atomic mass is 10.1. The van der Waals surface area contributed by atoms with E-state index in [-0.39, 0.29) is 24.5 Å². The number of oxime groups is 1. The summed E-state index contributed by atoms with van der Waals surface area (Å²) >= 11 is 0. The van der Waals surface area contributed by atoms with Crippen LogP contribution in [0.3, 0.4) is 0 Å². The molecule has 0 aliphatic carbocycles. The van der Waals surface area contributed by atoms with Gasteiger partial charge in [-0.3, -0.25) is 4.79 Å². The summed E-state index contributed by atoms with van der Waals surface area (Å²) in [6.07, 6.45) is 0. The average molecular weight is 299 g/mol. The predicted molar refractivity (Wildman–Crippen MR) is 75.2 cm³/mol. The quantitative estimate of drug-likeness (QED) is 0.378. The van der Waals surface area contributed by atoms with Crippen molar-refractivity contribution in [1.82, 2.24) is 4.90 Å². The Kier molecular flexibility index (Phi) is 5.63. The van der Waals surface area contributed by atoms with Gasteiger partial charge in [-0.05, 0) is 25.5 Å². The van der Waals surface area contributed by atoms with E-state index < -0.39 is 29.0 Å². The number of nitrogens with zero attached hydrogens (tertiary/aromatic N) is 2. The Bertz CT molecular complexity index is 561. The molecule has 0 spiro atoms. The normalized spacial score (nSPS) is 13.1. The highest BCUT2D eigenvalue weighted by atomic mass is 19.1. The second-order valence-corrected chi connectivity index (χ2v) is 4.82. The van der Waals surface area contributed by atoms with Crippen LogP contribution in [-0.4, -0.2) is 34.9 Å². The van der Waals surface area contributed by atoms with Crippen molar-refractivity contribution < 1.29 is 18.8 Å². The number of amidine groups is 1. The topological polar surface area (TPSA) is 78.9 Å². The SMILES string of the molecule is CCN(CC(C)/C(N)=N/O)C(=O)c1c(F)ccc(C)c1F. The number of carbonyl (C=O) groups excluding carboxylic acids is 1. The van der Waals surface area contributed by atoms with Crippen molar-refractivity contribution in [3.63, 3.8) is 0 Å². The third kappa shape index (κ3) is 3.68. The molecule has 0 saturated carbocycles. The van der Waals surface area contributed by atoms with Gasteiger partial charge in [-0.15, -0.1) is 0 Å². The van der Waals surface area contributed by atoms with Crippen LogP contribution in [0.25, 0.3) is 0 Å². The number of aryl methyl sites for hydroxylation is 1. The minimum absolute atomic E-state index is 0.0496. The molecular weight excluding hydrogens is 280 g/mol. The van der Waals surface area contributed by atoms with Crippen LogP contribution in [0.1, 0.15) is 29.8 Å². The first kappa shape index (κ1) is 16.9. The van der Waals surface area contributed by atoms with Crippen molar-refractivity contribution in [3.05, 3.63) is 34.9 Å². The molecule has 0 heterocycles. The third-order valence-electron chi connectivity index (χ3n) is 3.28. The number of benzene rings is 1. The maximum absolute atomic E-state index is 14.0. The maximum Gasteiger partial charge on any atom is 0.259 e. The average Bonchev–Trinajstić information content (AvgIpc) is 2.47. The Labute approximate surface area is 122 Å². The van der Waals surface area contributed by atoms with Gasteiger partial charge < -0.3 is 15.8 Å². The van der Waals surface area contributed by atoms with Gasteiger partial charge in [-0.25, -0.2) is 8.78 Å². The molecule has 116 valence electrons. The minimum Gasteiger partial charge on any atom is -0.409 e. The summed E-state index contributed by atoms with van der Waals surface area (Å²) in [5.41, 5.74) is 5.07. The summed E-state index contributed by atoms with van der Waals surface area (Å²) in [6.45, 7) is 5.13. The molecule has 5 nitrogen and oxygen atoms in total. The molecule has 0 aliphatic heterocycles. The monoisotopic (exact) mass is 299 g/mol. The van der Waals surface area contributed by atoms with Gasteiger partial charge in [-0.1, -0.05) is 18.1 Å². The molecule has 1 aromatic rings. The summed E-state index contributed by atoms with van der Waals surface area (Å²) in [4.78, 5) is 13.6. The van der Waals surface area contributed by atoms with E-state index in [0.29, 0.717) is 0 Å². The van der Waals surface area contributed by atoms with Crippen molar-refractivity contribution in [3.8, 4) is 0 Å². The zero-order chi connectivity index (χ0) is 16.2. The van der Waals surface area contributed by atoms with E-state index >= 15 is 0 Å². The Hall–Kier alpha value is -2.18. The van der Waals surface area contributed by atoms with Crippen LogP contribution in [-0.2, 0) is 0 Å². The third-order valence-corrected chi connectivity index (χ3v) is 3.28. The second-order valence-electron chi connectivity index (χ2n) is 4.82. The number of hydrogen-bond donors (Lipinski definition) is 2. The largest absolute Gasteiger partial charge is 0.409 e. The van der Waals surface area contributed by atoms with E-state index in [1.807, 2.05) is 0 Å². The molecule has 0 radical (unpaired) electrons. The second kappa shape index (κ2) is 7.01. The standard InChI is InChI=1S/C14H19F2N3O2/c1-4-19(7-9(3)13(17)18-21)14(20)11-10(15)6-5-8(2)12(11)16/h5-6,9,21H,4,7H2,1-3H3,(H2,17,18). The summed E-state index contributed by atoms with van der Waals surface area (Å²) in [7, 11) is 0. The van der Waals surface area contributed by atoms with Gasteiger partial charge in [-0.2, -0.15) is 0 Å². The highest BCUT2D eigenvalue weighted by Gasteiger charge is 2.25. The van der Waals surface area contributed by atoms with E-state index in [2.05, 4.69) is 5.16 Å². The van der Waals surface area contributed by atoms with Gasteiger partial charge >= 0.3 is 0 Å². The van der Waals surface area contributed by atoms with Gasteiger partial charge in [0.25, 0.3) is 5.91 Å². The number of carbonyl (C=O) groups is 1. The lowest BCUT2D eigenvalue weighted by molar-refractivity contribution is 0.0743. The predicted octanol–water partition coefficient (Wildman–Crippen LogP) is 2.12. The molecule has 0 fully saturated rings. The minimum atomic E-state index is -0.905. The number of amides is 1. The first-order chi connectivity index (χ1) is 9.83. The highest BCUT2D eigenvalue weighted by molar-refractivity contribution is 5.95. The van der Waals surface area contributed by atoms with Crippen molar-refractivity contribution in [2.45, 2.75) is 20.8 Å². The molecule has 1 amide bonds. The molecule has 0 aliphatic rings. The Morgan fingerprint density at radius 2 is 2.10 bits per heavy atom. The van der Waals surface area contributed by atoms with Crippen LogP contribution in [0, 0.1) is 24.5 Å². The van der Waals surface area contributed by atoms with Crippen LogP contribution in [0.4, 0.5) is 8.78 Å². The Morgan fingerprint density at radius 1 is 1.48 bits per heavy atom. The van der Waals surface area contributed by atoms with Gasteiger partial charge in [0.15, 0.2) is 0 Å². The maximum atomic E-state index is 14.0. The van der Waals surface area contributed by atoms with Gasteiger partial charge in [0, 0.05) is 19.0 Å². The molecule has 0 saturated heterocycles. The molecule has 7 heteroatoms. The fourth-order valence-electron chi connectivity index (χ4n) is 1.89. The zero-order valence-electron chi connectivity index (χ0n) is 12.2. The van der Waals surface area contributed by atoms with Crippen LogP contribution >= 0.6 is 0 Å². The fraction of sp³-hybridized carbons (Fsp3) is 0.429. The van der Waals surface area contributed by atoms with Gasteiger partial charge in [0.05, 0.1) is 0 Å². The van der Waals surface area contributed by atoms with Crippen molar-refractivity contribution in [2.24, 2.45) is 16.8 Å². The molecule has 0 aromatic heterocycles. The van der Waals surface area contributed by atoms with E-state index in [4.69, 9.17) is 10.9 Å². The van der Waals surface area contributed by atoms with Crippen LogP contribution in [0.2, 0.25) is 0 Å². The molecule has 3 N–H and O–H groups in total. The van der Waals surface area contributed by atoms with Crippen LogP contribution in [0.5, 0.6) is 0 Å². The summed E-state index contributed by atoms with van der Waals surface area (Å²) in [5, 5.41) is 11.5. The lowest BCUT2D eigenvalue weighted by Crippen LogP contribution is -2.39. The van der Waals surface area contributed by atoms with E-state index in [1.165, 1.54) is 17.9 Å². The van der Waals surface area contributed by atoms with Crippen LogP contribution in [0.15, 0.2) is 17.3 Å². The molecule has 21 heavy (non-hydrogen) atoms. The molecule has 0 bridgehead atoms. The van der Waals surface area contributed by atoms with Gasteiger partial charge in [0.2, 0.25) is 0 Å². The Morgan fingerprint density at radius 3 is 2.62 bits per heavy atom. The number of nitrogens with two attached hydrogens (primary N) is 1. The summed E-state index contributed by atoms with van der Waals surface area (Å²) in [5.74, 6) is -3.01. The van der Waals surface area contributed by atoms with Crippen molar-refractivity contribution in [2.75, 3.05) is 13.1 Å². The Balaban J connectivity index is 3.08. The molecule has 1 rings (SSSR count). The first-order valence-corrected chi connectivity index (χ1v) is 6.54. The number of halogens is 2. The first-order valence-electron chi connectivity index (χ1n) is 6.54. The molecule has 1 aromatic carbocycles. The number of rotatable bonds is 5. The molecule has 1 atom stereocenters.